The summed E-state index contributed by atoms with van der Waals surface area (Å²) >= 11 is 0. The van der Waals surface area contributed by atoms with Crippen LogP contribution in [-0.4, -0.2) is 35.3 Å². The van der Waals surface area contributed by atoms with Gasteiger partial charge in [-0.2, -0.15) is 0 Å². The standard InChI is InChI=1S/C15H13NO8/c1-22-13-6-9(16(20)21)12(7-14(13)23-2)24-15(19)8-3-4-10(17)11(18)5-8/h3-7,17-18H,1-2H3. The summed E-state index contributed by atoms with van der Waals surface area (Å²) in [4.78, 5) is 22.5. The highest BCUT2D eigenvalue weighted by Crippen LogP contribution is 2.39. The number of rotatable bonds is 5. The lowest BCUT2D eigenvalue weighted by molar-refractivity contribution is -0.385. The molecule has 0 spiro atoms. The predicted molar refractivity (Wildman–Crippen MR) is 80.9 cm³/mol. The zero-order valence-corrected chi connectivity index (χ0v) is 12.7. The van der Waals surface area contributed by atoms with Crippen LogP contribution in [-0.2, 0) is 0 Å². The van der Waals surface area contributed by atoms with E-state index in [1.807, 2.05) is 0 Å². The number of aromatic hydroxyl groups is 2. The number of hydrogen-bond acceptors (Lipinski definition) is 8. The summed E-state index contributed by atoms with van der Waals surface area (Å²) in [5, 5.41) is 29.8. The Kier molecular flexibility index (Phi) is 4.73. The first kappa shape index (κ1) is 16.9. The molecule has 9 nitrogen and oxygen atoms in total. The van der Waals surface area contributed by atoms with E-state index < -0.39 is 28.1 Å². The highest BCUT2D eigenvalue weighted by molar-refractivity contribution is 5.92. The van der Waals surface area contributed by atoms with E-state index in [9.17, 15) is 25.1 Å². The van der Waals surface area contributed by atoms with Crippen LogP contribution in [0.1, 0.15) is 10.4 Å². The van der Waals surface area contributed by atoms with Crippen molar-refractivity contribution in [3.8, 4) is 28.7 Å². The van der Waals surface area contributed by atoms with Gasteiger partial charge in [0, 0.05) is 6.07 Å². The van der Waals surface area contributed by atoms with E-state index in [1.165, 1.54) is 20.3 Å². The Hall–Kier alpha value is -3.49. The molecule has 0 bridgehead atoms. The van der Waals surface area contributed by atoms with Gasteiger partial charge >= 0.3 is 11.7 Å². The first-order chi connectivity index (χ1) is 11.4. The molecule has 2 N–H and O–H groups in total. The summed E-state index contributed by atoms with van der Waals surface area (Å²) in [6.45, 7) is 0. The molecule has 0 amide bonds. The van der Waals surface area contributed by atoms with Gasteiger partial charge in [-0.25, -0.2) is 4.79 Å². The van der Waals surface area contributed by atoms with Gasteiger partial charge in [0.15, 0.2) is 23.0 Å². The normalized spacial score (nSPS) is 10.1. The maximum absolute atomic E-state index is 12.1. The van der Waals surface area contributed by atoms with E-state index in [1.54, 1.807) is 0 Å². The first-order valence-corrected chi connectivity index (χ1v) is 6.52. The number of nitro groups is 1. The molecule has 0 saturated carbocycles. The van der Waals surface area contributed by atoms with Gasteiger partial charge in [0.2, 0.25) is 5.75 Å². The molecule has 126 valence electrons. The van der Waals surface area contributed by atoms with Crippen molar-refractivity contribution in [1.29, 1.82) is 0 Å². The quantitative estimate of drug-likeness (QED) is 0.280. The third-order valence-corrected chi connectivity index (χ3v) is 3.08. The van der Waals surface area contributed by atoms with Crippen LogP contribution >= 0.6 is 0 Å². The second-order valence-corrected chi connectivity index (χ2v) is 4.53. The molecule has 0 aliphatic heterocycles. The minimum absolute atomic E-state index is 0.102. The zero-order chi connectivity index (χ0) is 17.9. The number of benzene rings is 2. The summed E-state index contributed by atoms with van der Waals surface area (Å²) in [6.07, 6.45) is 0. The number of phenolic OH excluding ortho intramolecular Hbond substituents is 2. The van der Waals surface area contributed by atoms with E-state index in [0.717, 1.165) is 24.3 Å². The molecule has 0 atom stereocenters. The zero-order valence-electron chi connectivity index (χ0n) is 12.7. The Labute approximate surface area is 135 Å². The van der Waals surface area contributed by atoms with Crippen LogP contribution in [0.2, 0.25) is 0 Å². The van der Waals surface area contributed by atoms with Gasteiger partial charge in [-0.1, -0.05) is 0 Å². The van der Waals surface area contributed by atoms with Gasteiger partial charge < -0.3 is 24.4 Å². The Morgan fingerprint density at radius 3 is 2.17 bits per heavy atom. The largest absolute Gasteiger partial charge is 0.504 e. The van der Waals surface area contributed by atoms with Crippen molar-refractivity contribution in [3.05, 3.63) is 46.0 Å². The van der Waals surface area contributed by atoms with E-state index in [4.69, 9.17) is 14.2 Å². The first-order valence-electron chi connectivity index (χ1n) is 6.52. The van der Waals surface area contributed by atoms with Crippen LogP contribution in [0.15, 0.2) is 30.3 Å². The van der Waals surface area contributed by atoms with Crippen LogP contribution in [0.5, 0.6) is 28.7 Å². The number of esters is 1. The summed E-state index contributed by atoms with van der Waals surface area (Å²) in [7, 11) is 2.64. The van der Waals surface area contributed by atoms with Crippen molar-refractivity contribution < 1.29 is 34.1 Å². The van der Waals surface area contributed by atoms with E-state index in [-0.39, 0.29) is 22.8 Å². The smallest absolute Gasteiger partial charge is 0.343 e. The third kappa shape index (κ3) is 3.29. The topological polar surface area (TPSA) is 128 Å². The lowest BCUT2D eigenvalue weighted by atomic mass is 10.2. The molecule has 0 aliphatic rings. The van der Waals surface area contributed by atoms with Gasteiger partial charge in [-0.05, 0) is 18.2 Å². The summed E-state index contributed by atoms with van der Waals surface area (Å²) in [5.74, 6) is -2.00. The Balaban J connectivity index is 2.41. The molecule has 2 aromatic carbocycles. The molecule has 2 aromatic rings. The highest BCUT2D eigenvalue weighted by atomic mass is 16.6. The fraction of sp³-hybridized carbons (Fsp3) is 0.133. The molecule has 9 heteroatoms. The number of carbonyl (C=O) groups is 1. The van der Waals surface area contributed by atoms with E-state index in [2.05, 4.69) is 0 Å². The average Bonchev–Trinajstić information content (AvgIpc) is 2.56. The molecule has 0 radical (unpaired) electrons. The lowest BCUT2D eigenvalue weighted by Gasteiger charge is -2.11. The Bertz CT molecular complexity index is 802. The van der Waals surface area contributed by atoms with Crippen LogP contribution in [0.4, 0.5) is 5.69 Å². The Morgan fingerprint density at radius 2 is 1.62 bits per heavy atom. The molecule has 0 saturated heterocycles. The lowest BCUT2D eigenvalue weighted by Crippen LogP contribution is -2.10. The number of hydrogen-bond donors (Lipinski definition) is 2. The average molecular weight is 335 g/mol. The van der Waals surface area contributed by atoms with Gasteiger partial charge in [0.25, 0.3) is 0 Å². The maximum atomic E-state index is 12.1. The number of methoxy groups -OCH3 is 2. The SMILES string of the molecule is COc1cc(OC(=O)c2ccc(O)c(O)c2)c([N+](=O)[O-])cc1OC. The Morgan fingerprint density at radius 1 is 1.00 bits per heavy atom. The monoisotopic (exact) mass is 335 g/mol. The van der Waals surface area contributed by atoms with Crippen LogP contribution in [0.25, 0.3) is 0 Å². The summed E-state index contributed by atoms with van der Waals surface area (Å²) in [5.41, 5.74) is -0.599. The molecule has 0 fully saturated rings. The molecule has 0 aliphatic carbocycles. The van der Waals surface area contributed by atoms with Gasteiger partial charge in [0.1, 0.15) is 0 Å². The van der Waals surface area contributed by atoms with Crippen LogP contribution in [0, 0.1) is 10.1 Å². The molecule has 2 rings (SSSR count). The van der Waals surface area contributed by atoms with E-state index >= 15 is 0 Å². The van der Waals surface area contributed by atoms with Crippen molar-refractivity contribution in [2.75, 3.05) is 14.2 Å². The van der Waals surface area contributed by atoms with Crippen molar-refractivity contribution >= 4 is 11.7 Å². The second-order valence-electron chi connectivity index (χ2n) is 4.53. The molecular weight excluding hydrogens is 322 g/mol. The number of phenols is 2. The van der Waals surface area contributed by atoms with Crippen molar-refractivity contribution in [2.24, 2.45) is 0 Å². The fourth-order valence-corrected chi connectivity index (χ4v) is 1.88. The summed E-state index contributed by atoms with van der Waals surface area (Å²) < 4.78 is 15.0. The second kappa shape index (κ2) is 6.73. The van der Waals surface area contributed by atoms with Crippen LogP contribution < -0.4 is 14.2 Å². The summed E-state index contributed by atoms with van der Waals surface area (Å²) in [6, 6.07) is 5.48. The fourth-order valence-electron chi connectivity index (χ4n) is 1.88. The molecule has 0 unspecified atom stereocenters. The van der Waals surface area contributed by atoms with Crippen molar-refractivity contribution in [3.63, 3.8) is 0 Å². The molecule has 0 aromatic heterocycles. The maximum Gasteiger partial charge on any atom is 0.343 e. The van der Waals surface area contributed by atoms with Gasteiger partial charge in [0.05, 0.1) is 30.8 Å². The molecule has 24 heavy (non-hydrogen) atoms. The van der Waals surface area contributed by atoms with Crippen molar-refractivity contribution in [1.82, 2.24) is 0 Å². The third-order valence-electron chi connectivity index (χ3n) is 3.08. The highest BCUT2D eigenvalue weighted by Gasteiger charge is 2.24. The minimum atomic E-state index is -0.958. The number of ether oxygens (including phenoxy) is 3. The molecular formula is C15H13NO8. The minimum Gasteiger partial charge on any atom is -0.504 e. The van der Waals surface area contributed by atoms with Gasteiger partial charge in [-0.15, -0.1) is 0 Å². The number of carbonyl (C=O) groups excluding carboxylic acids is 1. The predicted octanol–water partition coefficient (Wildman–Crippen LogP) is 2.24. The van der Waals surface area contributed by atoms with Crippen molar-refractivity contribution in [2.45, 2.75) is 0 Å². The van der Waals surface area contributed by atoms with E-state index in [0.29, 0.717) is 0 Å². The number of nitro benzene ring substituents is 1. The number of nitrogens with zero attached hydrogens (tertiary/aromatic N) is 1. The molecule has 0 heterocycles. The van der Waals surface area contributed by atoms with Crippen LogP contribution in [0.3, 0.4) is 0 Å². The van der Waals surface area contributed by atoms with Gasteiger partial charge in [-0.3, -0.25) is 10.1 Å².